The molecular weight excluding hydrogens is 426 g/mol. The van der Waals surface area contributed by atoms with Crippen molar-refractivity contribution in [1.82, 2.24) is 4.98 Å². The van der Waals surface area contributed by atoms with E-state index in [1.807, 2.05) is 42.5 Å². The van der Waals surface area contributed by atoms with Crippen LogP contribution >= 0.6 is 27.3 Å². The lowest BCUT2D eigenvalue weighted by Gasteiger charge is -2.11. The Morgan fingerprint density at radius 1 is 1.00 bits per heavy atom. The number of benzene rings is 3. The first-order valence-corrected chi connectivity index (χ1v) is 9.77. The fourth-order valence-corrected chi connectivity index (χ4v) is 4.07. The highest BCUT2D eigenvalue weighted by atomic mass is 79.9. The van der Waals surface area contributed by atoms with Crippen LogP contribution in [-0.2, 0) is 0 Å². The van der Waals surface area contributed by atoms with Gasteiger partial charge in [0.05, 0.1) is 22.9 Å². The van der Waals surface area contributed by atoms with Gasteiger partial charge in [0.15, 0.2) is 11.5 Å². The highest BCUT2D eigenvalue weighted by Crippen LogP contribution is 2.36. The van der Waals surface area contributed by atoms with E-state index in [-0.39, 0.29) is 0 Å². The molecule has 0 unspecified atom stereocenters. The van der Waals surface area contributed by atoms with Crippen molar-refractivity contribution < 1.29 is 14.3 Å². The second-order valence-electron chi connectivity index (χ2n) is 5.72. The number of carbonyl (C=O) groups excluding carboxylic acids is 1. The maximum atomic E-state index is 12.5. The van der Waals surface area contributed by atoms with Gasteiger partial charge in [0.1, 0.15) is 5.01 Å². The highest BCUT2D eigenvalue weighted by molar-refractivity contribution is 9.10. The van der Waals surface area contributed by atoms with Gasteiger partial charge < -0.3 is 9.47 Å². The van der Waals surface area contributed by atoms with E-state index in [0.29, 0.717) is 21.5 Å². The van der Waals surface area contributed by atoms with Crippen LogP contribution in [0.5, 0.6) is 11.5 Å². The zero-order valence-corrected chi connectivity index (χ0v) is 16.7. The van der Waals surface area contributed by atoms with Gasteiger partial charge in [-0.2, -0.15) is 0 Å². The average Bonchev–Trinajstić information content (AvgIpc) is 3.12. The van der Waals surface area contributed by atoms with Gasteiger partial charge in [0, 0.05) is 10.0 Å². The molecule has 4 rings (SSSR count). The summed E-state index contributed by atoms with van der Waals surface area (Å²) in [5.74, 6) is 0.392. The minimum absolute atomic E-state index is 0.364. The quantitative estimate of drug-likeness (QED) is 0.291. The van der Waals surface area contributed by atoms with Gasteiger partial charge >= 0.3 is 5.97 Å². The van der Waals surface area contributed by atoms with Gasteiger partial charge in [-0.15, -0.1) is 11.3 Å². The van der Waals surface area contributed by atoms with Crippen molar-refractivity contribution >= 4 is 43.5 Å². The molecule has 1 aromatic heterocycles. The van der Waals surface area contributed by atoms with E-state index in [0.717, 1.165) is 20.8 Å². The van der Waals surface area contributed by atoms with Crippen molar-refractivity contribution in [3.63, 3.8) is 0 Å². The number of ether oxygens (including phenoxy) is 2. The summed E-state index contributed by atoms with van der Waals surface area (Å²) < 4.78 is 12.8. The van der Waals surface area contributed by atoms with Crippen molar-refractivity contribution in [2.45, 2.75) is 0 Å². The average molecular weight is 440 g/mol. The maximum Gasteiger partial charge on any atom is 0.344 e. The normalized spacial score (nSPS) is 10.7. The highest BCUT2D eigenvalue weighted by Gasteiger charge is 2.16. The molecule has 6 heteroatoms. The zero-order valence-electron chi connectivity index (χ0n) is 14.3. The number of nitrogens with zero attached hydrogens (tertiary/aromatic N) is 1. The number of halogens is 1. The molecule has 1 heterocycles. The number of para-hydroxylation sites is 1. The van der Waals surface area contributed by atoms with E-state index >= 15 is 0 Å². The number of carbonyl (C=O) groups is 1. The molecule has 0 radical (unpaired) electrons. The molecule has 3 aromatic carbocycles. The number of esters is 1. The topological polar surface area (TPSA) is 48.4 Å². The SMILES string of the molecule is COc1cc(-c2nc3ccccc3s2)ccc1OC(=O)c1ccccc1Br. The summed E-state index contributed by atoms with van der Waals surface area (Å²) in [5, 5.41) is 0.887. The molecule has 0 saturated heterocycles. The molecule has 0 N–H and O–H groups in total. The Hall–Kier alpha value is -2.70. The molecule has 0 saturated carbocycles. The summed E-state index contributed by atoms with van der Waals surface area (Å²) in [5.41, 5.74) is 2.32. The third-order valence-corrected chi connectivity index (χ3v) is 5.78. The number of methoxy groups -OCH3 is 1. The molecule has 4 aromatic rings. The van der Waals surface area contributed by atoms with Gasteiger partial charge in [0.2, 0.25) is 0 Å². The number of thiazole rings is 1. The van der Waals surface area contributed by atoms with Crippen molar-refractivity contribution in [3.05, 3.63) is 76.8 Å². The Morgan fingerprint density at radius 2 is 1.78 bits per heavy atom. The number of fused-ring (bicyclic) bond motifs is 1. The third-order valence-electron chi connectivity index (χ3n) is 4.00. The van der Waals surface area contributed by atoms with Crippen LogP contribution in [0.3, 0.4) is 0 Å². The van der Waals surface area contributed by atoms with Gasteiger partial charge in [-0.1, -0.05) is 24.3 Å². The van der Waals surface area contributed by atoms with Crippen LogP contribution < -0.4 is 9.47 Å². The van der Waals surface area contributed by atoms with Crippen LogP contribution in [-0.4, -0.2) is 18.1 Å². The monoisotopic (exact) mass is 439 g/mol. The summed E-state index contributed by atoms with van der Waals surface area (Å²) in [7, 11) is 1.55. The molecule has 0 amide bonds. The molecule has 0 fully saturated rings. The fraction of sp³-hybridized carbons (Fsp3) is 0.0476. The number of hydrogen-bond acceptors (Lipinski definition) is 5. The summed E-state index contributed by atoms with van der Waals surface area (Å²) in [4.78, 5) is 17.1. The molecule has 0 bridgehead atoms. The summed E-state index contributed by atoms with van der Waals surface area (Å²) in [6.07, 6.45) is 0. The molecule has 0 aliphatic carbocycles. The van der Waals surface area contributed by atoms with Crippen LogP contribution in [0.4, 0.5) is 0 Å². The minimum Gasteiger partial charge on any atom is -0.493 e. The summed E-state index contributed by atoms with van der Waals surface area (Å²) in [6.45, 7) is 0. The second-order valence-corrected chi connectivity index (χ2v) is 7.61. The molecule has 0 spiro atoms. The predicted molar refractivity (Wildman–Crippen MR) is 111 cm³/mol. The van der Waals surface area contributed by atoms with Gasteiger partial charge in [-0.25, -0.2) is 9.78 Å². The van der Waals surface area contributed by atoms with Crippen LogP contribution in [0.2, 0.25) is 0 Å². The Kier molecular flexibility index (Phi) is 4.92. The molecular formula is C21H14BrNO3S. The van der Waals surface area contributed by atoms with Gasteiger partial charge in [-0.3, -0.25) is 0 Å². The molecule has 0 aliphatic rings. The van der Waals surface area contributed by atoms with E-state index in [4.69, 9.17) is 9.47 Å². The maximum absolute atomic E-state index is 12.5. The number of aromatic nitrogens is 1. The first-order valence-electron chi connectivity index (χ1n) is 8.16. The predicted octanol–water partition coefficient (Wildman–Crippen LogP) is 5.95. The van der Waals surface area contributed by atoms with E-state index in [2.05, 4.69) is 20.9 Å². The van der Waals surface area contributed by atoms with Crippen LogP contribution in [0, 0.1) is 0 Å². The lowest BCUT2D eigenvalue weighted by molar-refractivity contribution is 0.0729. The van der Waals surface area contributed by atoms with Crippen molar-refractivity contribution in [2.24, 2.45) is 0 Å². The number of rotatable bonds is 4. The van der Waals surface area contributed by atoms with E-state index < -0.39 is 5.97 Å². The van der Waals surface area contributed by atoms with E-state index in [9.17, 15) is 4.79 Å². The lowest BCUT2D eigenvalue weighted by Crippen LogP contribution is -2.10. The van der Waals surface area contributed by atoms with Crippen molar-refractivity contribution in [1.29, 1.82) is 0 Å². The van der Waals surface area contributed by atoms with Gasteiger partial charge in [0.25, 0.3) is 0 Å². The van der Waals surface area contributed by atoms with Gasteiger partial charge in [-0.05, 0) is 58.4 Å². The van der Waals surface area contributed by atoms with Crippen LogP contribution in [0.1, 0.15) is 10.4 Å². The fourth-order valence-electron chi connectivity index (χ4n) is 2.66. The first-order chi connectivity index (χ1) is 13.2. The molecule has 0 atom stereocenters. The third kappa shape index (κ3) is 3.59. The zero-order chi connectivity index (χ0) is 18.8. The first kappa shape index (κ1) is 17.7. The summed E-state index contributed by atoms with van der Waals surface area (Å²) >= 11 is 4.97. The van der Waals surface area contributed by atoms with Crippen LogP contribution in [0.25, 0.3) is 20.8 Å². The summed E-state index contributed by atoms with van der Waals surface area (Å²) in [6, 6.07) is 20.6. The Balaban J connectivity index is 1.65. The van der Waals surface area contributed by atoms with E-state index in [1.165, 1.54) is 0 Å². The van der Waals surface area contributed by atoms with Crippen molar-refractivity contribution in [3.8, 4) is 22.1 Å². The van der Waals surface area contributed by atoms with Crippen LogP contribution in [0.15, 0.2) is 71.2 Å². The molecule has 4 nitrogen and oxygen atoms in total. The number of hydrogen-bond donors (Lipinski definition) is 0. The Bertz CT molecular complexity index is 1110. The standard InChI is InChI=1S/C21H14BrNO3S/c1-25-18-12-13(20-23-16-8-4-5-9-19(16)27-20)10-11-17(18)26-21(24)14-6-2-3-7-15(14)22/h2-12H,1H3. The Morgan fingerprint density at radius 3 is 2.56 bits per heavy atom. The second kappa shape index (κ2) is 7.50. The Labute approximate surface area is 168 Å². The van der Waals surface area contributed by atoms with Crippen molar-refractivity contribution in [2.75, 3.05) is 7.11 Å². The molecule has 134 valence electrons. The molecule has 27 heavy (non-hydrogen) atoms. The smallest absolute Gasteiger partial charge is 0.344 e. The van der Waals surface area contributed by atoms with E-state index in [1.54, 1.807) is 42.7 Å². The lowest BCUT2D eigenvalue weighted by atomic mass is 10.2. The minimum atomic E-state index is -0.450. The largest absolute Gasteiger partial charge is 0.493 e. The molecule has 0 aliphatic heterocycles.